The van der Waals surface area contributed by atoms with Crippen LogP contribution in [0.25, 0.3) is 0 Å². The number of nitrogens with one attached hydrogen (secondary N) is 2. The first kappa shape index (κ1) is 17.2. The quantitative estimate of drug-likeness (QED) is 0.790. The van der Waals surface area contributed by atoms with E-state index in [1.165, 1.54) is 0 Å². The number of rotatable bonds is 6. The molecule has 0 fully saturated rings. The molecule has 0 unspecified atom stereocenters. The van der Waals surface area contributed by atoms with Gasteiger partial charge in [-0.2, -0.15) is 0 Å². The molecule has 1 aromatic heterocycles. The molecule has 6 nitrogen and oxygen atoms in total. The largest absolute Gasteiger partial charge is 0.444 e. The Morgan fingerprint density at radius 2 is 2.05 bits per heavy atom. The molecule has 1 rings (SSSR count). The van der Waals surface area contributed by atoms with Crippen LogP contribution in [0, 0.1) is 0 Å². The fourth-order valence-electron chi connectivity index (χ4n) is 1.61. The third-order valence-electron chi connectivity index (χ3n) is 2.50. The van der Waals surface area contributed by atoms with Crippen LogP contribution >= 0.6 is 0 Å². The molecule has 6 heteroatoms. The molecule has 0 aliphatic carbocycles. The molecule has 0 aliphatic rings. The van der Waals surface area contributed by atoms with Crippen molar-refractivity contribution in [3.63, 3.8) is 0 Å². The fourth-order valence-corrected chi connectivity index (χ4v) is 1.61. The molecular formula is C15H26N4O2. The summed E-state index contributed by atoms with van der Waals surface area (Å²) >= 11 is 0. The summed E-state index contributed by atoms with van der Waals surface area (Å²) in [6, 6.07) is 3.63. The summed E-state index contributed by atoms with van der Waals surface area (Å²) in [6.45, 7) is 7.37. The maximum absolute atomic E-state index is 11.6. The van der Waals surface area contributed by atoms with E-state index in [0.29, 0.717) is 5.69 Å². The molecule has 0 bridgehead atoms. The summed E-state index contributed by atoms with van der Waals surface area (Å²) in [5, 5.41) is 5.89. The van der Waals surface area contributed by atoms with Gasteiger partial charge in [-0.3, -0.25) is 5.32 Å². The van der Waals surface area contributed by atoms with Crippen molar-refractivity contribution in [3.05, 3.63) is 18.3 Å². The van der Waals surface area contributed by atoms with E-state index in [0.717, 1.165) is 25.3 Å². The molecule has 1 amide bonds. The highest BCUT2D eigenvalue weighted by Crippen LogP contribution is 2.12. The van der Waals surface area contributed by atoms with Gasteiger partial charge in [0.15, 0.2) is 0 Å². The van der Waals surface area contributed by atoms with Crippen molar-refractivity contribution in [2.24, 2.45) is 0 Å². The third-order valence-corrected chi connectivity index (χ3v) is 2.50. The number of nitrogens with zero attached hydrogens (tertiary/aromatic N) is 2. The summed E-state index contributed by atoms with van der Waals surface area (Å²) < 4.78 is 5.18. The van der Waals surface area contributed by atoms with Gasteiger partial charge in [-0.05, 0) is 60.0 Å². The lowest BCUT2D eigenvalue weighted by molar-refractivity contribution is 0.0636. The van der Waals surface area contributed by atoms with Crippen LogP contribution in [0.2, 0.25) is 0 Å². The van der Waals surface area contributed by atoms with Gasteiger partial charge in [-0.15, -0.1) is 0 Å². The van der Waals surface area contributed by atoms with Crippen molar-refractivity contribution >= 4 is 17.6 Å². The second kappa shape index (κ2) is 7.83. The molecule has 0 aromatic carbocycles. The van der Waals surface area contributed by atoms with Gasteiger partial charge in [0.1, 0.15) is 11.4 Å². The minimum Gasteiger partial charge on any atom is -0.444 e. The maximum atomic E-state index is 11.6. The summed E-state index contributed by atoms with van der Waals surface area (Å²) in [5.41, 5.74) is 0.105. The Morgan fingerprint density at radius 1 is 1.33 bits per heavy atom. The van der Waals surface area contributed by atoms with Crippen LogP contribution in [-0.2, 0) is 4.74 Å². The normalized spacial score (nSPS) is 11.3. The van der Waals surface area contributed by atoms with Crippen molar-refractivity contribution in [1.29, 1.82) is 0 Å². The predicted molar refractivity (Wildman–Crippen MR) is 85.8 cm³/mol. The van der Waals surface area contributed by atoms with Gasteiger partial charge in [0.25, 0.3) is 0 Å². The van der Waals surface area contributed by atoms with Gasteiger partial charge in [-0.25, -0.2) is 9.78 Å². The monoisotopic (exact) mass is 294 g/mol. The highest BCUT2D eigenvalue weighted by molar-refractivity contribution is 5.84. The predicted octanol–water partition coefficient (Wildman–Crippen LogP) is 2.79. The van der Waals surface area contributed by atoms with Crippen LogP contribution in [-0.4, -0.2) is 48.8 Å². The number of ether oxygens (including phenoxy) is 1. The molecule has 0 aliphatic heterocycles. The Kier molecular flexibility index (Phi) is 6.42. The van der Waals surface area contributed by atoms with Crippen molar-refractivity contribution in [2.45, 2.75) is 32.8 Å². The highest BCUT2D eigenvalue weighted by Gasteiger charge is 2.16. The van der Waals surface area contributed by atoms with Crippen LogP contribution in [0.5, 0.6) is 0 Å². The highest BCUT2D eigenvalue weighted by atomic mass is 16.6. The molecule has 1 heterocycles. The van der Waals surface area contributed by atoms with Crippen LogP contribution in [0.4, 0.5) is 16.3 Å². The number of hydrogen-bond donors (Lipinski definition) is 2. The molecule has 0 saturated carbocycles. The first-order valence-electron chi connectivity index (χ1n) is 7.11. The van der Waals surface area contributed by atoms with E-state index in [1.54, 1.807) is 12.3 Å². The Morgan fingerprint density at radius 3 is 2.57 bits per heavy atom. The molecule has 1 aromatic rings. The van der Waals surface area contributed by atoms with Crippen LogP contribution < -0.4 is 10.6 Å². The lowest BCUT2D eigenvalue weighted by Crippen LogP contribution is -2.27. The van der Waals surface area contributed by atoms with Crippen molar-refractivity contribution in [2.75, 3.05) is 37.8 Å². The molecule has 0 saturated heterocycles. The molecule has 2 N–H and O–H groups in total. The standard InChI is InChI=1S/C15H26N4O2/c1-15(2,3)21-14(20)18-12-7-8-13(17-11-12)16-9-6-10-19(4)5/h7-8,11H,6,9-10H2,1-5H3,(H,16,17)(H,18,20). The maximum Gasteiger partial charge on any atom is 0.412 e. The van der Waals surface area contributed by atoms with E-state index >= 15 is 0 Å². The number of carbonyl (C=O) groups is 1. The minimum absolute atomic E-state index is 0.476. The summed E-state index contributed by atoms with van der Waals surface area (Å²) in [4.78, 5) is 18.0. The zero-order valence-electron chi connectivity index (χ0n) is 13.6. The number of pyridine rings is 1. The number of amides is 1. The van der Waals surface area contributed by atoms with E-state index < -0.39 is 11.7 Å². The summed E-state index contributed by atoms with van der Waals surface area (Å²) in [5.74, 6) is 0.795. The lowest BCUT2D eigenvalue weighted by atomic mass is 10.2. The second-order valence-corrected chi connectivity index (χ2v) is 6.14. The lowest BCUT2D eigenvalue weighted by Gasteiger charge is -2.19. The molecule has 118 valence electrons. The Balaban J connectivity index is 2.38. The van der Waals surface area contributed by atoms with E-state index in [2.05, 4.69) is 34.6 Å². The number of aromatic nitrogens is 1. The molecule has 0 radical (unpaired) electrons. The van der Waals surface area contributed by atoms with E-state index in [-0.39, 0.29) is 0 Å². The molecular weight excluding hydrogens is 268 g/mol. The van der Waals surface area contributed by atoms with Crippen LogP contribution in [0.3, 0.4) is 0 Å². The van der Waals surface area contributed by atoms with E-state index in [1.807, 2.05) is 26.8 Å². The number of carbonyl (C=O) groups excluding carboxylic acids is 1. The van der Waals surface area contributed by atoms with Crippen molar-refractivity contribution in [3.8, 4) is 0 Å². The Hall–Kier alpha value is -1.82. The number of anilines is 2. The van der Waals surface area contributed by atoms with Gasteiger partial charge in [-0.1, -0.05) is 0 Å². The van der Waals surface area contributed by atoms with Gasteiger partial charge in [0, 0.05) is 6.54 Å². The van der Waals surface area contributed by atoms with Gasteiger partial charge in [0.05, 0.1) is 11.9 Å². The average Bonchev–Trinajstić information content (AvgIpc) is 2.34. The zero-order valence-corrected chi connectivity index (χ0v) is 13.6. The van der Waals surface area contributed by atoms with Crippen molar-refractivity contribution in [1.82, 2.24) is 9.88 Å². The fraction of sp³-hybridized carbons (Fsp3) is 0.600. The van der Waals surface area contributed by atoms with Gasteiger partial charge in [0.2, 0.25) is 0 Å². The summed E-state index contributed by atoms with van der Waals surface area (Å²) in [7, 11) is 4.10. The van der Waals surface area contributed by atoms with Gasteiger partial charge < -0.3 is 15.0 Å². The topological polar surface area (TPSA) is 66.5 Å². The Bertz CT molecular complexity index is 438. The Labute approximate surface area is 126 Å². The smallest absolute Gasteiger partial charge is 0.412 e. The first-order valence-corrected chi connectivity index (χ1v) is 7.11. The van der Waals surface area contributed by atoms with Gasteiger partial charge >= 0.3 is 6.09 Å². The van der Waals surface area contributed by atoms with E-state index in [4.69, 9.17) is 4.74 Å². The van der Waals surface area contributed by atoms with E-state index in [9.17, 15) is 4.79 Å². The van der Waals surface area contributed by atoms with Crippen LogP contribution in [0.15, 0.2) is 18.3 Å². The van der Waals surface area contributed by atoms with Crippen LogP contribution in [0.1, 0.15) is 27.2 Å². The molecule has 21 heavy (non-hydrogen) atoms. The molecule has 0 atom stereocenters. The SMILES string of the molecule is CN(C)CCCNc1ccc(NC(=O)OC(C)(C)C)cn1. The average molecular weight is 294 g/mol. The molecule has 0 spiro atoms. The minimum atomic E-state index is -0.508. The third kappa shape index (κ3) is 8.14. The van der Waals surface area contributed by atoms with Crippen molar-refractivity contribution < 1.29 is 9.53 Å². The summed E-state index contributed by atoms with van der Waals surface area (Å²) in [6.07, 6.45) is 2.18. The number of hydrogen-bond acceptors (Lipinski definition) is 5. The first-order chi connectivity index (χ1) is 9.76. The second-order valence-electron chi connectivity index (χ2n) is 6.14. The zero-order chi connectivity index (χ0) is 15.9.